The van der Waals surface area contributed by atoms with Crippen molar-refractivity contribution in [1.82, 2.24) is 23.4 Å². The van der Waals surface area contributed by atoms with E-state index in [0.29, 0.717) is 25.6 Å². The highest BCUT2D eigenvalue weighted by Crippen LogP contribution is 2.66. The van der Waals surface area contributed by atoms with Crippen molar-refractivity contribution in [2.45, 2.75) is 82.8 Å². The Balaban J connectivity index is 1.42. The first kappa shape index (κ1) is 32.2. The Labute approximate surface area is 278 Å². The molecule has 1 aromatic heterocycles. The topological polar surface area (TPSA) is 104 Å². The number of amides is 2. The number of carbonyl (C=O) groups excluding carboxylic acids is 2. The van der Waals surface area contributed by atoms with E-state index in [1.54, 1.807) is 13.2 Å². The van der Waals surface area contributed by atoms with Crippen LogP contribution in [0.3, 0.4) is 0 Å². The second-order valence-corrected chi connectivity index (χ2v) is 16.5. The van der Waals surface area contributed by atoms with E-state index in [4.69, 9.17) is 4.74 Å². The van der Waals surface area contributed by atoms with Crippen molar-refractivity contribution in [3.63, 3.8) is 0 Å². The van der Waals surface area contributed by atoms with Crippen LogP contribution in [0.15, 0.2) is 36.4 Å². The van der Waals surface area contributed by atoms with Crippen LogP contribution in [-0.4, -0.2) is 92.3 Å². The maximum absolute atomic E-state index is 14.8. The summed E-state index contributed by atoms with van der Waals surface area (Å²) in [6.07, 6.45) is 6.49. The minimum Gasteiger partial charge on any atom is -0.497 e. The number of aromatic nitrogens is 1. The summed E-state index contributed by atoms with van der Waals surface area (Å²) in [6.45, 7) is 6.25. The molecule has 1 N–H and O–H groups in total. The number of methoxy groups -OCH3 is 1. The lowest BCUT2D eigenvalue weighted by atomic mass is 9.81. The summed E-state index contributed by atoms with van der Waals surface area (Å²) in [5, 5.41) is 1.07. The highest BCUT2D eigenvalue weighted by molar-refractivity contribution is 7.87. The lowest BCUT2D eigenvalue weighted by molar-refractivity contribution is -0.141. The summed E-state index contributed by atoms with van der Waals surface area (Å²) in [7, 11) is 2.62. The van der Waals surface area contributed by atoms with E-state index < -0.39 is 21.5 Å². The van der Waals surface area contributed by atoms with E-state index in [-0.39, 0.29) is 29.5 Å². The molecule has 3 heterocycles. The molecule has 1 saturated heterocycles. The van der Waals surface area contributed by atoms with Crippen LogP contribution < -0.4 is 9.46 Å². The predicted octanol–water partition coefficient (Wildman–Crippen LogP) is 4.94. The van der Waals surface area contributed by atoms with Gasteiger partial charge in [0.05, 0.1) is 18.2 Å². The zero-order valence-electron chi connectivity index (χ0n) is 28.4. The van der Waals surface area contributed by atoms with Gasteiger partial charge in [-0.15, -0.1) is 0 Å². The molecule has 2 aliphatic heterocycles. The molecule has 0 bridgehead atoms. The number of piperazine rings is 1. The summed E-state index contributed by atoms with van der Waals surface area (Å²) in [5.41, 5.74) is 5.21. The minimum absolute atomic E-state index is 0.0521. The zero-order valence-corrected chi connectivity index (χ0v) is 29.2. The average molecular weight is 662 g/mol. The van der Waals surface area contributed by atoms with Crippen molar-refractivity contribution in [1.29, 1.82) is 0 Å². The predicted molar refractivity (Wildman–Crippen MR) is 183 cm³/mol. The fourth-order valence-electron chi connectivity index (χ4n) is 8.57. The van der Waals surface area contributed by atoms with Crippen molar-refractivity contribution < 1.29 is 22.7 Å². The Morgan fingerprint density at radius 2 is 1.70 bits per heavy atom. The summed E-state index contributed by atoms with van der Waals surface area (Å²) < 4.78 is 36.4. The number of benzene rings is 2. The summed E-state index contributed by atoms with van der Waals surface area (Å²) in [5.74, 6) is 0.708. The number of rotatable bonds is 6. The van der Waals surface area contributed by atoms with Crippen molar-refractivity contribution in [3.8, 4) is 17.0 Å². The molecule has 10 nitrogen and oxygen atoms in total. The minimum atomic E-state index is -3.97. The smallest absolute Gasteiger partial charge is 0.303 e. The van der Waals surface area contributed by atoms with Gasteiger partial charge in [0.2, 0.25) is 5.91 Å². The number of carbonyl (C=O) groups is 2. The Kier molecular flexibility index (Phi) is 7.96. The van der Waals surface area contributed by atoms with E-state index in [9.17, 15) is 18.0 Å². The number of likely N-dealkylation sites (N-methyl/N-ethyl adjacent to an activating group) is 1. The van der Waals surface area contributed by atoms with E-state index in [1.165, 1.54) is 38.9 Å². The molecule has 11 heteroatoms. The van der Waals surface area contributed by atoms with Crippen molar-refractivity contribution in [2.24, 2.45) is 5.41 Å². The lowest BCUT2D eigenvalue weighted by Crippen LogP contribution is -2.58. The first-order valence-corrected chi connectivity index (χ1v) is 18.4. The molecular formula is C36H47N5O5S. The number of nitrogens with one attached hydrogen (secondary N) is 1. The Morgan fingerprint density at radius 1 is 1.00 bits per heavy atom. The van der Waals surface area contributed by atoms with Crippen molar-refractivity contribution in [2.75, 3.05) is 41.3 Å². The second-order valence-electron chi connectivity index (χ2n) is 14.6. The van der Waals surface area contributed by atoms with Crippen LogP contribution in [0.5, 0.6) is 5.75 Å². The molecular weight excluding hydrogens is 614 g/mol. The van der Waals surface area contributed by atoms with Gasteiger partial charge in [-0.3, -0.25) is 14.5 Å². The zero-order chi connectivity index (χ0) is 33.4. The average Bonchev–Trinajstić information content (AvgIpc) is 3.72. The Bertz CT molecular complexity index is 1850. The van der Waals surface area contributed by atoms with Gasteiger partial charge in [-0.25, -0.2) is 4.72 Å². The number of ether oxygens (including phenoxy) is 1. The Hall–Kier alpha value is -3.41. The maximum Gasteiger partial charge on any atom is 0.303 e. The van der Waals surface area contributed by atoms with Crippen LogP contribution in [0.25, 0.3) is 22.2 Å². The van der Waals surface area contributed by atoms with Crippen molar-refractivity contribution >= 4 is 32.9 Å². The number of nitrogens with zero attached hydrogens (tertiary/aromatic N) is 4. The van der Waals surface area contributed by atoms with Gasteiger partial charge in [-0.2, -0.15) is 12.7 Å². The molecule has 7 rings (SSSR count). The Morgan fingerprint density at radius 3 is 2.36 bits per heavy atom. The van der Waals surface area contributed by atoms with E-state index >= 15 is 0 Å². The number of hydrogen-bond acceptors (Lipinski definition) is 6. The molecule has 2 amide bonds. The molecule has 2 aromatic carbocycles. The molecule has 2 unspecified atom stereocenters. The molecule has 3 aromatic rings. The van der Waals surface area contributed by atoms with Crippen LogP contribution in [0.2, 0.25) is 0 Å². The lowest BCUT2D eigenvalue weighted by Gasteiger charge is -2.43. The molecule has 2 aliphatic carbocycles. The third kappa shape index (κ3) is 5.25. The maximum atomic E-state index is 14.8. The normalized spacial score (nSPS) is 26.4. The van der Waals surface area contributed by atoms with Gasteiger partial charge in [-0.1, -0.05) is 25.3 Å². The largest absolute Gasteiger partial charge is 0.497 e. The molecule has 0 radical (unpaired) electrons. The molecule has 4 atom stereocenters. The van der Waals surface area contributed by atoms with Gasteiger partial charge in [0.1, 0.15) is 5.75 Å². The fraction of sp³-hybridized carbons (Fsp3) is 0.556. The standard InChI is InChI=1S/C36H47N5O5S/c1-22-19-40(20-23(2)39(22)5)35(43)36-18-30(36)29-17-26(46-6)13-15-27(29)33-32(24-10-8-7-9-11-24)28-14-12-25(16-31(28)41(33)21-36)34(42)37-47(44,45)38(3)4/h12-17,22-24,30H,7-11,18-21H2,1-6H3,(H,37,42)/t22?,23?,30-,36-/m0/s1. The van der Waals surface area contributed by atoms with E-state index in [1.807, 2.05) is 18.2 Å². The summed E-state index contributed by atoms with van der Waals surface area (Å²) in [4.78, 5) is 32.6. The molecule has 3 fully saturated rings. The SMILES string of the molecule is COc1ccc2c(c1)[C@@H]1C[C@]1(C(=O)N1CC(C)N(C)C(C)C1)Cn1c-2c(C2CCCCC2)c2ccc(C(=O)NS(=O)(=O)N(C)C)cc21. The quantitative estimate of drug-likeness (QED) is 0.402. The molecule has 0 spiro atoms. The summed E-state index contributed by atoms with van der Waals surface area (Å²) in [6, 6.07) is 12.4. The van der Waals surface area contributed by atoms with Crippen LogP contribution >= 0.6 is 0 Å². The third-order valence-corrected chi connectivity index (χ3v) is 13.0. The van der Waals surface area contributed by atoms with Crippen LogP contribution in [0.1, 0.15) is 85.7 Å². The third-order valence-electron chi connectivity index (χ3n) is 11.6. The fourth-order valence-corrected chi connectivity index (χ4v) is 9.11. The molecule has 252 valence electrons. The second kappa shape index (κ2) is 11.6. The molecule has 47 heavy (non-hydrogen) atoms. The summed E-state index contributed by atoms with van der Waals surface area (Å²) >= 11 is 0. The van der Waals surface area contributed by atoms with Gasteiger partial charge in [0, 0.05) is 73.8 Å². The van der Waals surface area contributed by atoms with Gasteiger partial charge in [0.25, 0.3) is 5.91 Å². The highest BCUT2D eigenvalue weighted by Gasteiger charge is 2.64. The van der Waals surface area contributed by atoms with Crippen LogP contribution in [0.4, 0.5) is 0 Å². The first-order chi connectivity index (χ1) is 22.4. The molecule has 2 saturated carbocycles. The van der Waals surface area contributed by atoms with Gasteiger partial charge < -0.3 is 14.2 Å². The van der Waals surface area contributed by atoms with Crippen LogP contribution in [-0.2, 0) is 21.5 Å². The van der Waals surface area contributed by atoms with Crippen LogP contribution in [0, 0.1) is 5.41 Å². The monoisotopic (exact) mass is 661 g/mol. The van der Waals surface area contributed by atoms with Gasteiger partial charge in [-0.05, 0) is 87.5 Å². The number of hydrogen-bond donors (Lipinski definition) is 1. The van der Waals surface area contributed by atoms with E-state index in [0.717, 1.165) is 57.0 Å². The van der Waals surface area contributed by atoms with Gasteiger partial charge >= 0.3 is 10.2 Å². The van der Waals surface area contributed by atoms with Gasteiger partial charge in [0.15, 0.2) is 0 Å². The highest BCUT2D eigenvalue weighted by atomic mass is 32.2. The van der Waals surface area contributed by atoms with Crippen molar-refractivity contribution in [3.05, 3.63) is 53.1 Å². The number of fused-ring (bicyclic) bond motifs is 7. The molecule has 4 aliphatic rings. The van der Waals surface area contributed by atoms with E-state index in [2.05, 4.69) is 52.1 Å². The first-order valence-electron chi connectivity index (χ1n) is 17.0.